The fourth-order valence-electron chi connectivity index (χ4n) is 1.55. The number of carbonyl (C=O) groups excluding carboxylic acids is 1. The van der Waals surface area contributed by atoms with Crippen molar-refractivity contribution in [2.45, 2.75) is 6.42 Å². The molecule has 0 saturated carbocycles. The van der Waals surface area contributed by atoms with Crippen molar-refractivity contribution in [1.29, 1.82) is 5.26 Å². The molecule has 2 aromatic rings. The van der Waals surface area contributed by atoms with Gasteiger partial charge < -0.3 is 5.32 Å². The van der Waals surface area contributed by atoms with Gasteiger partial charge in [-0.1, -0.05) is 0 Å². The fraction of sp³-hybridized carbons (Fsp3) is 0.154. The van der Waals surface area contributed by atoms with Crippen LogP contribution in [0.2, 0.25) is 0 Å². The number of aromatic nitrogens is 1. The molecule has 1 N–H and O–H groups in total. The molecule has 1 amide bonds. The molecule has 0 aliphatic heterocycles. The lowest BCUT2D eigenvalue weighted by Crippen LogP contribution is -2.26. The van der Waals surface area contributed by atoms with Crippen LogP contribution in [0.1, 0.15) is 20.8 Å². The summed E-state index contributed by atoms with van der Waals surface area (Å²) in [6.07, 6.45) is 3.68. The van der Waals surface area contributed by atoms with E-state index in [1.54, 1.807) is 11.3 Å². The predicted octanol–water partition coefficient (Wildman–Crippen LogP) is 2.75. The Morgan fingerprint density at radius 1 is 1.58 bits per heavy atom. The summed E-state index contributed by atoms with van der Waals surface area (Å²) in [7, 11) is 0. The van der Waals surface area contributed by atoms with Crippen LogP contribution in [-0.2, 0) is 6.42 Å². The Morgan fingerprint density at radius 3 is 3.11 bits per heavy atom. The maximum atomic E-state index is 11.9. The van der Waals surface area contributed by atoms with E-state index in [0.717, 1.165) is 10.9 Å². The summed E-state index contributed by atoms with van der Waals surface area (Å²) in [6.45, 7) is 0.533. The van der Waals surface area contributed by atoms with Crippen molar-refractivity contribution in [3.05, 3.63) is 50.4 Å². The van der Waals surface area contributed by atoms with E-state index in [9.17, 15) is 4.79 Å². The minimum atomic E-state index is -0.264. The highest BCUT2D eigenvalue weighted by Gasteiger charge is 2.10. The maximum Gasteiger partial charge on any atom is 0.254 e. The molecule has 0 spiro atoms. The number of nitrogens with zero attached hydrogens (tertiary/aromatic N) is 2. The first kappa shape index (κ1) is 13.7. The van der Waals surface area contributed by atoms with E-state index < -0.39 is 0 Å². The van der Waals surface area contributed by atoms with Crippen LogP contribution in [0.5, 0.6) is 0 Å². The molecule has 2 rings (SSSR count). The monoisotopic (exact) mass is 335 g/mol. The van der Waals surface area contributed by atoms with Crippen LogP contribution < -0.4 is 5.32 Å². The Balaban J connectivity index is 1.93. The highest BCUT2D eigenvalue weighted by Crippen LogP contribution is 2.19. The summed E-state index contributed by atoms with van der Waals surface area (Å²) < 4.78 is 1.05. The SMILES string of the molecule is N#Cc1ccncc1C(=O)NCCc1cc(Br)cs1. The largest absolute Gasteiger partial charge is 0.352 e. The van der Waals surface area contributed by atoms with Crippen LogP contribution in [-0.4, -0.2) is 17.4 Å². The average molecular weight is 336 g/mol. The van der Waals surface area contributed by atoms with E-state index in [4.69, 9.17) is 5.26 Å². The average Bonchev–Trinajstić information content (AvgIpc) is 2.84. The lowest BCUT2D eigenvalue weighted by molar-refractivity contribution is 0.0953. The normalized spacial score (nSPS) is 9.89. The van der Waals surface area contributed by atoms with Crippen molar-refractivity contribution >= 4 is 33.2 Å². The number of halogens is 1. The maximum absolute atomic E-state index is 11.9. The van der Waals surface area contributed by atoms with Crippen LogP contribution in [0.15, 0.2) is 34.4 Å². The second-order valence-electron chi connectivity index (χ2n) is 3.77. The molecule has 0 aromatic carbocycles. The van der Waals surface area contributed by atoms with Crippen LogP contribution in [0.25, 0.3) is 0 Å². The number of hydrogen-bond donors (Lipinski definition) is 1. The first-order chi connectivity index (χ1) is 9.20. The Kier molecular flexibility index (Phi) is 4.66. The molecule has 0 fully saturated rings. The van der Waals surface area contributed by atoms with Gasteiger partial charge in [0.25, 0.3) is 5.91 Å². The van der Waals surface area contributed by atoms with Crippen molar-refractivity contribution in [2.75, 3.05) is 6.54 Å². The Labute approximate surface area is 123 Å². The minimum Gasteiger partial charge on any atom is -0.352 e. The number of amides is 1. The summed E-state index contributed by atoms with van der Waals surface area (Å²) >= 11 is 5.03. The predicted molar refractivity (Wildman–Crippen MR) is 77.0 cm³/mol. The molecule has 0 unspecified atom stereocenters. The number of pyridine rings is 1. The van der Waals surface area contributed by atoms with Gasteiger partial charge in [0, 0.05) is 33.7 Å². The first-order valence-corrected chi connectivity index (χ1v) is 7.23. The van der Waals surface area contributed by atoms with Crippen LogP contribution >= 0.6 is 27.3 Å². The summed E-state index contributed by atoms with van der Waals surface area (Å²) in [5.41, 5.74) is 0.656. The van der Waals surface area contributed by atoms with Gasteiger partial charge in [-0.3, -0.25) is 9.78 Å². The molecular weight excluding hydrogens is 326 g/mol. The second-order valence-corrected chi connectivity index (χ2v) is 5.68. The lowest BCUT2D eigenvalue weighted by atomic mass is 10.1. The summed E-state index contributed by atoms with van der Waals surface area (Å²) in [6, 6.07) is 5.55. The first-order valence-electron chi connectivity index (χ1n) is 5.56. The molecular formula is C13H10BrN3OS. The molecule has 96 valence electrons. The minimum absolute atomic E-state index is 0.264. The van der Waals surface area contributed by atoms with E-state index in [1.807, 2.05) is 17.5 Å². The van der Waals surface area contributed by atoms with Crippen molar-refractivity contribution < 1.29 is 4.79 Å². The van der Waals surface area contributed by atoms with E-state index >= 15 is 0 Å². The van der Waals surface area contributed by atoms with Gasteiger partial charge >= 0.3 is 0 Å². The quantitative estimate of drug-likeness (QED) is 0.934. The zero-order chi connectivity index (χ0) is 13.7. The van der Waals surface area contributed by atoms with Gasteiger partial charge in [0.05, 0.1) is 11.1 Å². The van der Waals surface area contributed by atoms with Crippen LogP contribution in [0.4, 0.5) is 0 Å². The highest BCUT2D eigenvalue weighted by molar-refractivity contribution is 9.10. The van der Waals surface area contributed by atoms with Gasteiger partial charge in [0.15, 0.2) is 0 Å². The van der Waals surface area contributed by atoms with E-state index in [2.05, 4.69) is 26.2 Å². The zero-order valence-corrected chi connectivity index (χ0v) is 12.3. The Bertz CT molecular complexity index is 633. The topological polar surface area (TPSA) is 65.8 Å². The van der Waals surface area contributed by atoms with Gasteiger partial charge in [-0.2, -0.15) is 5.26 Å². The van der Waals surface area contributed by atoms with Gasteiger partial charge in [-0.25, -0.2) is 0 Å². The smallest absolute Gasteiger partial charge is 0.254 e. The molecule has 0 aliphatic carbocycles. The van der Waals surface area contributed by atoms with Gasteiger partial charge in [0.1, 0.15) is 6.07 Å². The molecule has 0 bridgehead atoms. The Hall–Kier alpha value is -1.71. The number of nitriles is 1. The third-order valence-corrected chi connectivity index (χ3v) is 4.22. The Morgan fingerprint density at radius 2 is 2.42 bits per heavy atom. The summed E-state index contributed by atoms with van der Waals surface area (Å²) in [4.78, 5) is 17.0. The molecule has 0 radical (unpaired) electrons. The van der Waals surface area contributed by atoms with Crippen LogP contribution in [0, 0.1) is 11.3 Å². The molecule has 0 aliphatic rings. The number of nitrogens with one attached hydrogen (secondary N) is 1. The van der Waals surface area contributed by atoms with E-state index in [0.29, 0.717) is 17.7 Å². The summed E-state index contributed by atoms with van der Waals surface area (Å²) in [5.74, 6) is -0.264. The van der Waals surface area contributed by atoms with Gasteiger partial charge in [-0.05, 0) is 34.5 Å². The zero-order valence-electron chi connectivity index (χ0n) is 9.89. The van der Waals surface area contributed by atoms with Gasteiger partial charge in [0.2, 0.25) is 0 Å². The van der Waals surface area contributed by atoms with Crippen molar-refractivity contribution in [3.8, 4) is 6.07 Å². The molecule has 6 heteroatoms. The van der Waals surface area contributed by atoms with Crippen molar-refractivity contribution in [3.63, 3.8) is 0 Å². The van der Waals surface area contributed by atoms with E-state index in [1.165, 1.54) is 23.3 Å². The molecule has 0 atom stereocenters. The molecule has 4 nitrogen and oxygen atoms in total. The fourth-order valence-corrected chi connectivity index (χ4v) is 3.01. The molecule has 2 heterocycles. The summed E-state index contributed by atoms with van der Waals surface area (Å²) in [5, 5.41) is 13.7. The number of rotatable bonds is 4. The molecule has 2 aromatic heterocycles. The number of hydrogen-bond acceptors (Lipinski definition) is 4. The highest BCUT2D eigenvalue weighted by atomic mass is 79.9. The van der Waals surface area contributed by atoms with Crippen LogP contribution in [0.3, 0.4) is 0 Å². The van der Waals surface area contributed by atoms with Crippen molar-refractivity contribution in [2.24, 2.45) is 0 Å². The van der Waals surface area contributed by atoms with Crippen molar-refractivity contribution in [1.82, 2.24) is 10.3 Å². The third kappa shape index (κ3) is 3.63. The van der Waals surface area contributed by atoms with Gasteiger partial charge in [-0.15, -0.1) is 11.3 Å². The standard InChI is InChI=1S/C13H10BrN3OS/c14-10-5-11(19-8-10)2-4-17-13(18)12-7-16-3-1-9(12)6-15/h1,3,5,7-8H,2,4H2,(H,17,18). The number of thiophene rings is 1. The number of carbonyl (C=O) groups is 1. The third-order valence-electron chi connectivity index (χ3n) is 2.46. The molecule has 0 saturated heterocycles. The second kappa shape index (κ2) is 6.45. The lowest BCUT2D eigenvalue weighted by Gasteiger charge is -2.05. The van der Waals surface area contributed by atoms with E-state index in [-0.39, 0.29) is 5.91 Å². The molecule has 19 heavy (non-hydrogen) atoms.